The lowest BCUT2D eigenvalue weighted by Crippen LogP contribution is -2.00. The minimum Gasteiger partial charge on any atom is -0.436 e. The zero-order chi connectivity index (χ0) is 42.8. The van der Waals surface area contributed by atoms with Gasteiger partial charge in [-0.2, -0.15) is 0 Å². The fourth-order valence-electron chi connectivity index (χ4n) is 9.31. The molecule has 65 heavy (non-hydrogen) atoms. The Labute approximate surface area is 373 Å². The smallest absolute Gasteiger partial charge is 0.227 e. The van der Waals surface area contributed by atoms with Gasteiger partial charge in [0.05, 0.1) is 22.1 Å². The van der Waals surface area contributed by atoms with Crippen LogP contribution >= 0.6 is 0 Å². The average Bonchev–Trinajstić information content (AvgIpc) is 4.06. The van der Waals surface area contributed by atoms with Gasteiger partial charge in [0, 0.05) is 55.2 Å². The highest BCUT2D eigenvalue weighted by atomic mass is 16.3. The van der Waals surface area contributed by atoms with Gasteiger partial charge in [-0.05, 0) is 102 Å². The average molecular weight is 833 g/mol. The highest BCUT2D eigenvalue weighted by molar-refractivity contribution is 6.14. The lowest BCUT2D eigenvalue weighted by molar-refractivity contribution is 0.620. The Morgan fingerprint density at radius 2 is 0.723 bits per heavy atom. The van der Waals surface area contributed by atoms with Crippen LogP contribution in [0.3, 0.4) is 0 Å². The minimum atomic E-state index is 0.616. The molecule has 4 aromatic heterocycles. The van der Waals surface area contributed by atoms with Gasteiger partial charge in [0.1, 0.15) is 5.52 Å². The number of nitrogens with zero attached hydrogens (tertiary/aromatic N) is 6. The minimum absolute atomic E-state index is 0.616. The summed E-state index contributed by atoms with van der Waals surface area (Å²) in [6.45, 7) is 0. The summed E-state index contributed by atoms with van der Waals surface area (Å²) >= 11 is 0. The lowest BCUT2D eigenvalue weighted by Gasteiger charge is -2.11. The molecule has 0 aliphatic heterocycles. The van der Waals surface area contributed by atoms with E-state index < -0.39 is 0 Å². The van der Waals surface area contributed by atoms with Gasteiger partial charge in [-0.15, -0.1) is 0 Å². The van der Waals surface area contributed by atoms with Crippen molar-refractivity contribution in [3.8, 4) is 68.1 Å². The van der Waals surface area contributed by atoms with Gasteiger partial charge in [-0.25, -0.2) is 19.9 Å². The van der Waals surface area contributed by atoms with Crippen LogP contribution in [0.1, 0.15) is 0 Å². The molecule has 0 aliphatic rings. The van der Waals surface area contributed by atoms with Crippen LogP contribution in [0.5, 0.6) is 0 Å². The Kier molecular flexibility index (Phi) is 8.39. The number of fused-ring (bicyclic) bond motifs is 7. The van der Waals surface area contributed by atoms with Crippen LogP contribution in [0.2, 0.25) is 0 Å². The number of para-hydroxylation sites is 2. The number of hydrogen-bond donors (Lipinski definition) is 0. The van der Waals surface area contributed by atoms with E-state index in [9.17, 15) is 0 Å². The molecule has 0 unspecified atom stereocenters. The molecule has 0 amide bonds. The molecule has 0 N–H and O–H groups in total. The van der Waals surface area contributed by atoms with Crippen LogP contribution in [-0.4, -0.2) is 29.1 Å². The van der Waals surface area contributed by atoms with Crippen molar-refractivity contribution < 1.29 is 4.42 Å². The molecule has 0 saturated heterocycles. The van der Waals surface area contributed by atoms with Gasteiger partial charge in [0.2, 0.25) is 5.89 Å². The molecule has 0 aliphatic carbocycles. The fourth-order valence-corrected chi connectivity index (χ4v) is 9.31. The monoisotopic (exact) mass is 832 g/mol. The summed E-state index contributed by atoms with van der Waals surface area (Å²) < 4.78 is 11.1. The third-order valence-corrected chi connectivity index (χ3v) is 12.4. The number of oxazole rings is 1. The predicted molar refractivity (Wildman–Crippen MR) is 263 cm³/mol. The molecule has 304 valence electrons. The number of aromatic nitrogens is 6. The van der Waals surface area contributed by atoms with Crippen LogP contribution in [-0.2, 0) is 0 Å². The zero-order valence-corrected chi connectivity index (χ0v) is 34.9. The van der Waals surface area contributed by atoms with Crippen LogP contribution in [0.4, 0.5) is 0 Å². The van der Waals surface area contributed by atoms with Gasteiger partial charge >= 0.3 is 0 Å². The van der Waals surface area contributed by atoms with Crippen molar-refractivity contribution >= 4 is 54.7 Å². The Hall–Kier alpha value is -8.94. The Morgan fingerprint density at radius 1 is 0.292 bits per heavy atom. The molecule has 0 radical (unpaired) electrons. The van der Waals surface area contributed by atoms with Crippen molar-refractivity contribution in [2.45, 2.75) is 0 Å². The molecule has 0 spiro atoms. The van der Waals surface area contributed by atoms with Crippen molar-refractivity contribution in [3.63, 3.8) is 0 Å². The van der Waals surface area contributed by atoms with Gasteiger partial charge in [-0.1, -0.05) is 127 Å². The third-order valence-electron chi connectivity index (χ3n) is 12.4. The van der Waals surface area contributed by atoms with E-state index in [0.717, 1.165) is 88.7 Å². The summed E-state index contributed by atoms with van der Waals surface area (Å²) in [5.74, 6) is 2.53. The lowest BCUT2D eigenvalue weighted by atomic mass is 10.0. The summed E-state index contributed by atoms with van der Waals surface area (Å²) in [7, 11) is 0. The quantitative estimate of drug-likeness (QED) is 0.160. The first-order valence-corrected chi connectivity index (χ1v) is 21.7. The van der Waals surface area contributed by atoms with Crippen molar-refractivity contribution in [3.05, 3.63) is 218 Å². The zero-order valence-electron chi connectivity index (χ0n) is 34.9. The normalized spacial score (nSPS) is 11.7. The maximum Gasteiger partial charge on any atom is 0.227 e. The van der Waals surface area contributed by atoms with Crippen molar-refractivity contribution in [1.29, 1.82) is 0 Å². The molecule has 4 heterocycles. The largest absolute Gasteiger partial charge is 0.436 e. The Morgan fingerprint density at radius 3 is 1.32 bits per heavy atom. The second-order valence-corrected chi connectivity index (χ2v) is 16.3. The van der Waals surface area contributed by atoms with Gasteiger partial charge in [0.15, 0.2) is 23.1 Å². The van der Waals surface area contributed by atoms with E-state index in [2.05, 4.69) is 137 Å². The van der Waals surface area contributed by atoms with Crippen molar-refractivity contribution in [2.24, 2.45) is 0 Å². The van der Waals surface area contributed by atoms with E-state index in [4.69, 9.17) is 24.4 Å². The molecule has 0 saturated carbocycles. The summed E-state index contributed by atoms with van der Waals surface area (Å²) in [6, 6.07) is 75.9. The van der Waals surface area contributed by atoms with E-state index in [1.165, 1.54) is 10.8 Å². The molecule has 7 heteroatoms. The van der Waals surface area contributed by atoms with Gasteiger partial charge in [-0.3, -0.25) is 0 Å². The van der Waals surface area contributed by atoms with Gasteiger partial charge < -0.3 is 13.6 Å². The number of hydrogen-bond acceptors (Lipinski definition) is 5. The van der Waals surface area contributed by atoms with E-state index in [1.807, 2.05) is 91.0 Å². The van der Waals surface area contributed by atoms with Crippen LogP contribution in [0, 0.1) is 0 Å². The summed E-state index contributed by atoms with van der Waals surface area (Å²) in [5.41, 5.74) is 14.2. The Bertz CT molecular complexity index is 3860. The summed E-state index contributed by atoms with van der Waals surface area (Å²) in [5, 5.41) is 4.63. The van der Waals surface area contributed by atoms with E-state index in [-0.39, 0.29) is 0 Å². The molecule has 0 atom stereocenters. The van der Waals surface area contributed by atoms with Gasteiger partial charge in [0.25, 0.3) is 0 Å². The first kappa shape index (κ1) is 36.7. The Balaban J connectivity index is 0.918. The fraction of sp³-hybridized carbons (Fsp3) is 0. The molecular weight excluding hydrogens is 797 g/mol. The molecular formula is C58H36N6O. The van der Waals surface area contributed by atoms with E-state index >= 15 is 0 Å². The first-order valence-electron chi connectivity index (χ1n) is 21.7. The van der Waals surface area contributed by atoms with E-state index in [1.54, 1.807) is 0 Å². The predicted octanol–water partition coefficient (Wildman–Crippen LogP) is 14.5. The topological polar surface area (TPSA) is 74.6 Å². The standard InChI is InChI=1S/C58H36N6O/c1-5-15-37(16-6-1)55-60-56(38-17-7-2-8-18-38)62-57(61-55)39-25-29-44(30-26-39)63-50-24-14-13-23-45(50)46-33-41(27-31-51(46)63)42-28-32-52-47(34-42)48-35-54-49(59-58(65-54)40-19-9-3-10-20-40)36-53(48)64(52)43-21-11-4-12-22-43/h1-36H. The first-order chi connectivity index (χ1) is 32.2. The molecule has 7 nitrogen and oxygen atoms in total. The molecule has 9 aromatic carbocycles. The molecule has 13 rings (SSSR count). The maximum absolute atomic E-state index is 6.41. The summed E-state index contributed by atoms with van der Waals surface area (Å²) in [4.78, 5) is 19.8. The summed E-state index contributed by atoms with van der Waals surface area (Å²) in [6.07, 6.45) is 0. The number of benzene rings is 9. The maximum atomic E-state index is 6.41. The second kappa shape index (κ2) is 14.9. The third kappa shape index (κ3) is 6.20. The number of rotatable bonds is 7. The highest BCUT2D eigenvalue weighted by Gasteiger charge is 2.19. The molecule has 13 aromatic rings. The molecule has 0 fully saturated rings. The molecule has 0 bridgehead atoms. The van der Waals surface area contributed by atoms with Crippen LogP contribution < -0.4 is 0 Å². The van der Waals surface area contributed by atoms with Crippen molar-refractivity contribution in [1.82, 2.24) is 29.1 Å². The van der Waals surface area contributed by atoms with Crippen molar-refractivity contribution in [2.75, 3.05) is 0 Å². The van der Waals surface area contributed by atoms with Crippen LogP contribution in [0.15, 0.2) is 223 Å². The van der Waals surface area contributed by atoms with E-state index in [0.29, 0.717) is 23.4 Å². The van der Waals surface area contributed by atoms with Crippen LogP contribution in [0.25, 0.3) is 123 Å². The second-order valence-electron chi connectivity index (χ2n) is 16.3. The highest BCUT2D eigenvalue weighted by Crippen LogP contribution is 2.40. The SMILES string of the molecule is c1ccc(-c2nc(-c3ccccc3)nc(-c3ccc(-n4c5ccccc5c5cc(-c6ccc7c(c6)c6cc8oc(-c9ccccc9)nc8cc6n7-c6ccccc6)ccc54)cc3)n2)cc1.